The lowest BCUT2D eigenvalue weighted by atomic mass is 10.1. The third-order valence-electron chi connectivity index (χ3n) is 3.37. The van der Waals surface area contributed by atoms with Crippen LogP contribution in [0.1, 0.15) is 15.9 Å². The second-order valence-electron chi connectivity index (χ2n) is 4.96. The quantitative estimate of drug-likeness (QED) is 0.796. The highest BCUT2D eigenvalue weighted by atomic mass is 35.5. The Morgan fingerprint density at radius 1 is 0.957 bits per heavy atom. The van der Waals surface area contributed by atoms with Crippen molar-refractivity contribution in [2.24, 2.45) is 0 Å². The largest absolute Gasteiger partial charge is 0.348 e. The van der Waals surface area contributed by atoms with Gasteiger partial charge in [0.15, 0.2) is 5.15 Å². The number of aromatic nitrogens is 2. The van der Waals surface area contributed by atoms with E-state index in [1.807, 2.05) is 48.5 Å². The van der Waals surface area contributed by atoms with Crippen LogP contribution in [0.3, 0.4) is 0 Å². The minimum Gasteiger partial charge on any atom is -0.348 e. The Bertz CT molecular complexity index is 807. The van der Waals surface area contributed by atoms with Gasteiger partial charge < -0.3 is 5.32 Å². The van der Waals surface area contributed by atoms with Gasteiger partial charge in [-0.2, -0.15) is 0 Å². The van der Waals surface area contributed by atoms with Crippen LogP contribution in [0, 0.1) is 0 Å². The van der Waals surface area contributed by atoms with Gasteiger partial charge in [-0.05, 0) is 18.2 Å². The number of rotatable bonds is 4. The number of carbonyl (C=O) groups is 1. The molecule has 3 rings (SSSR count). The molecule has 0 bridgehead atoms. The molecule has 23 heavy (non-hydrogen) atoms. The Balaban J connectivity index is 1.83. The van der Waals surface area contributed by atoms with Crippen LogP contribution < -0.4 is 5.32 Å². The number of benzene rings is 2. The Morgan fingerprint density at radius 2 is 1.61 bits per heavy atom. The lowest BCUT2D eigenvalue weighted by molar-refractivity contribution is 0.0951. The van der Waals surface area contributed by atoms with Crippen molar-refractivity contribution in [3.8, 4) is 11.3 Å². The summed E-state index contributed by atoms with van der Waals surface area (Å²) in [5.74, 6) is -0.141. The van der Waals surface area contributed by atoms with Crippen molar-refractivity contribution in [2.75, 3.05) is 0 Å². The van der Waals surface area contributed by atoms with E-state index < -0.39 is 0 Å². The van der Waals surface area contributed by atoms with E-state index in [0.29, 0.717) is 23.0 Å². The summed E-state index contributed by atoms with van der Waals surface area (Å²) in [6.45, 7) is 0.327. The minimum atomic E-state index is -0.141. The van der Waals surface area contributed by atoms with Gasteiger partial charge >= 0.3 is 0 Å². The minimum absolute atomic E-state index is 0.141. The SMILES string of the molecule is O=C(NCc1cc(Cl)nnc1-c1ccccc1)c1ccccc1. The number of hydrogen-bond donors (Lipinski definition) is 1. The summed E-state index contributed by atoms with van der Waals surface area (Å²) in [5.41, 5.74) is 3.08. The maximum Gasteiger partial charge on any atom is 0.251 e. The van der Waals surface area contributed by atoms with Crippen molar-refractivity contribution in [1.82, 2.24) is 15.5 Å². The predicted octanol–water partition coefficient (Wildman–Crippen LogP) is 3.73. The van der Waals surface area contributed by atoms with Crippen molar-refractivity contribution in [1.29, 1.82) is 0 Å². The monoisotopic (exact) mass is 323 g/mol. The fraction of sp³-hybridized carbons (Fsp3) is 0.0556. The van der Waals surface area contributed by atoms with Crippen LogP contribution in [0.25, 0.3) is 11.3 Å². The predicted molar refractivity (Wildman–Crippen MR) is 90.1 cm³/mol. The highest BCUT2D eigenvalue weighted by Crippen LogP contribution is 2.22. The molecule has 0 saturated heterocycles. The first-order chi connectivity index (χ1) is 11.2. The average molecular weight is 324 g/mol. The van der Waals surface area contributed by atoms with Crippen LogP contribution >= 0.6 is 11.6 Å². The molecule has 0 radical (unpaired) electrons. The van der Waals surface area contributed by atoms with Crippen molar-refractivity contribution >= 4 is 17.5 Å². The second kappa shape index (κ2) is 7.03. The molecular formula is C18H14ClN3O. The second-order valence-corrected chi connectivity index (χ2v) is 5.34. The molecule has 0 fully saturated rings. The Kier molecular flexibility index (Phi) is 4.64. The van der Waals surface area contributed by atoms with Gasteiger partial charge in [-0.15, -0.1) is 10.2 Å². The van der Waals surface area contributed by atoms with E-state index in [1.165, 1.54) is 0 Å². The molecule has 1 aromatic heterocycles. The standard InChI is InChI=1S/C18H14ClN3O/c19-16-11-15(12-20-18(23)14-9-5-2-6-10-14)17(22-21-16)13-7-3-1-4-8-13/h1-11H,12H2,(H,20,23). The van der Waals surface area contributed by atoms with E-state index in [-0.39, 0.29) is 5.91 Å². The van der Waals surface area contributed by atoms with Crippen LogP contribution in [-0.4, -0.2) is 16.1 Å². The fourth-order valence-electron chi connectivity index (χ4n) is 2.24. The lowest BCUT2D eigenvalue weighted by Gasteiger charge is -2.10. The molecule has 1 N–H and O–H groups in total. The topological polar surface area (TPSA) is 54.9 Å². The zero-order valence-electron chi connectivity index (χ0n) is 12.2. The first-order valence-electron chi connectivity index (χ1n) is 7.15. The van der Waals surface area contributed by atoms with Crippen LogP contribution in [0.4, 0.5) is 0 Å². The summed E-state index contributed by atoms with van der Waals surface area (Å²) in [7, 11) is 0. The first-order valence-corrected chi connectivity index (χ1v) is 7.52. The summed E-state index contributed by atoms with van der Waals surface area (Å²) in [6, 6.07) is 20.5. The molecule has 0 aliphatic carbocycles. The highest BCUT2D eigenvalue weighted by Gasteiger charge is 2.11. The van der Waals surface area contributed by atoms with Gasteiger partial charge in [0.25, 0.3) is 5.91 Å². The van der Waals surface area contributed by atoms with E-state index in [2.05, 4.69) is 15.5 Å². The van der Waals surface area contributed by atoms with E-state index in [4.69, 9.17) is 11.6 Å². The molecule has 1 amide bonds. The molecule has 2 aromatic carbocycles. The molecule has 0 saturated carbocycles. The van der Waals surface area contributed by atoms with Crippen molar-refractivity contribution in [3.05, 3.63) is 83.0 Å². The summed E-state index contributed by atoms with van der Waals surface area (Å²) in [6.07, 6.45) is 0. The molecule has 4 nitrogen and oxygen atoms in total. The lowest BCUT2D eigenvalue weighted by Crippen LogP contribution is -2.23. The average Bonchev–Trinajstić information content (AvgIpc) is 2.61. The molecule has 0 aliphatic heterocycles. The maximum absolute atomic E-state index is 12.2. The van der Waals surface area contributed by atoms with Gasteiger partial charge in [-0.3, -0.25) is 4.79 Å². The molecule has 0 unspecified atom stereocenters. The Labute approximate surface area is 139 Å². The summed E-state index contributed by atoms with van der Waals surface area (Å²) in [5, 5.41) is 11.3. The molecule has 0 aliphatic rings. The summed E-state index contributed by atoms with van der Waals surface area (Å²) in [4.78, 5) is 12.2. The van der Waals surface area contributed by atoms with E-state index in [1.54, 1.807) is 18.2 Å². The van der Waals surface area contributed by atoms with Gasteiger partial charge in [-0.25, -0.2) is 0 Å². The molecule has 114 valence electrons. The van der Waals surface area contributed by atoms with Crippen molar-refractivity contribution in [2.45, 2.75) is 6.54 Å². The number of nitrogens with one attached hydrogen (secondary N) is 1. The van der Waals surface area contributed by atoms with Gasteiger partial charge in [0, 0.05) is 23.2 Å². The van der Waals surface area contributed by atoms with E-state index >= 15 is 0 Å². The Hall–Kier alpha value is -2.72. The third kappa shape index (κ3) is 3.73. The van der Waals surface area contributed by atoms with Gasteiger partial charge in [0.2, 0.25) is 0 Å². The summed E-state index contributed by atoms with van der Waals surface area (Å²) < 4.78 is 0. The zero-order chi connectivity index (χ0) is 16.1. The highest BCUT2D eigenvalue weighted by molar-refractivity contribution is 6.29. The number of amides is 1. The van der Waals surface area contributed by atoms with Gasteiger partial charge in [0.1, 0.15) is 0 Å². The molecule has 0 spiro atoms. The number of nitrogens with zero attached hydrogens (tertiary/aromatic N) is 2. The van der Waals surface area contributed by atoms with Crippen LogP contribution in [-0.2, 0) is 6.54 Å². The number of halogens is 1. The number of hydrogen-bond acceptors (Lipinski definition) is 3. The molecular weight excluding hydrogens is 310 g/mol. The summed E-state index contributed by atoms with van der Waals surface area (Å²) >= 11 is 5.95. The van der Waals surface area contributed by atoms with Gasteiger partial charge in [0.05, 0.1) is 5.69 Å². The number of carbonyl (C=O) groups excluding carboxylic acids is 1. The van der Waals surface area contributed by atoms with Gasteiger partial charge in [-0.1, -0.05) is 60.1 Å². The maximum atomic E-state index is 12.2. The van der Waals surface area contributed by atoms with E-state index in [0.717, 1.165) is 11.1 Å². The van der Waals surface area contributed by atoms with Crippen molar-refractivity contribution in [3.63, 3.8) is 0 Å². The normalized spacial score (nSPS) is 10.3. The smallest absolute Gasteiger partial charge is 0.251 e. The van der Waals surface area contributed by atoms with Crippen LogP contribution in [0.2, 0.25) is 5.15 Å². The van der Waals surface area contributed by atoms with Crippen LogP contribution in [0.15, 0.2) is 66.7 Å². The van der Waals surface area contributed by atoms with Crippen molar-refractivity contribution < 1.29 is 4.79 Å². The molecule has 0 atom stereocenters. The van der Waals surface area contributed by atoms with Crippen LogP contribution in [0.5, 0.6) is 0 Å². The van der Waals surface area contributed by atoms with E-state index in [9.17, 15) is 4.79 Å². The first kappa shape index (κ1) is 15.2. The molecule has 3 aromatic rings. The Morgan fingerprint density at radius 3 is 2.30 bits per heavy atom. The fourth-order valence-corrected chi connectivity index (χ4v) is 2.41. The molecule has 5 heteroatoms. The third-order valence-corrected chi connectivity index (χ3v) is 3.55. The molecule has 1 heterocycles. The zero-order valence-corrected chi connectivity index (χ0v) is 13.0.